The van der Waals surface area contributed by atoms with Gasteiger partial charge in [0.1, 0.15) is 5.76 Å². The standard InChI is InChI=1S/C21H28N2O3/c1-17-4-2-5-18(22-17)14-24-15-20-12-21(16-26-20)7-9-23(10-8-21)13-19-6-3-11-25-19/h2-6,11,20H,7-10,12-16H2,1H3/t20-/m0/s1. The number of likely N-dealkylation sites (tertiary alicyclic amines) is 1. The minimum atomic E-state index is 0.219. The van der Waals surface area contributed by atoms with Crippen LogP contribution in [0.4, 0.5) is 0 Å². The normalized spacial score (nSPS) is 22.9. The molecule has 4 heterocycles. The topological polar surface area (TPSA) is 47.7 Å². The van der Waals surface area contributed by atoms with Crippen LogP contribution >= 0.6 is 0 Å². The molecule has 2 saturated heterocycles. The SMILES string of the molecule is Cc1cccc(COC[C@@H]2CC3(CCN(Cc4ccco4)CC3)CO2)n1. The summed E-state index contributed by atoms with van der Waals surface area (Å²) in [6.07, 6.45) is 5.48. The summed E-state index contributed by atoms with van der Waals surface area (Å²) in [5.41, 5.74) is 2.36. The van der Waals surface area contributed by atoms with Gasteiger partial charge in [-0.15, -0.1) is 0 Å². The van der Waals surface area contributed by atoms with Gasteiger partial charge in [0.2, 0.25) is 0 Å². The summed E-state index contributed by atoms with van der Waals surface area (Å²) < 4.78 is 17.4. The van der Waals surface area contributed by atoms with Gasteiger partial charge in [0.15, 0.2) is 0 Å². The molecule has 0 aliphatic carbocycles. The van der Waals surface area contributed by atoms with Crippen LogP contribution < -0.4 is 0 Å². The number of nitrogens with zero attached hydrogens (tertiary/aromatic N) is 2. The van der Waals surface area contributed by atoms with Gasteiger partial charge in [0, 0.05) is 5.69 Å². The predicted molar refractivity (Wildman–Crippen MR) is 98.6 cm³/mol. The van der Waals surface area contributed by atoms with Crippen molar-refractivity contribution >= 4 is 0 Å². The van der Waals surface area contributed by atoms with Crippen LogP contribution in [-0.2, 0) is 22.6 Å². The van der Waals surface area contributed by atoms with E-state index in [0.29, 0.717) is 18.6 Å². The maximum atomic E-state index is 6.07. The number of rotatable bonds is 6. The highest BCUT2D eigenvalue weighted by atomic mass is 16.5. The zero-order chi connectivity index (χ0) is 17.8. The van der Waals surface area contributed by atoms with Gasteiger partial charge in [0.05, 0.1) is 44.4 Å². The fourth-order valence-corrected chi connectivity index (χ4v) is 4.13. The molecular weight excluding hydrogens is 328 g/mol. The molecule has 2 aromatic heterocycles. The van der Waals surface area contributed by atoms with Gasteiger partial charge < -0.3 is 13.9 Å². The molecule has 140 valence electrons. The summed E-state index contributed by atoms with van der Waals surface area (Å²) in [5.74, 6) is 1.06. The summed E-state index contributed by atoms with van der Waals surface area (Å²) in [5, 5.41) is 0. The van der Waals surface area contributed by atoms with E-state index in [1.165, 1.54) is 12.8 Å². The Hall–Kier alpha value is -1.69. The Morgan fingerprint density at radius 1 is 1.23 bits per heavy atom. The highest BCUT2D eigenvalue weighted by molar-refractivity contribution is 5.09. The van der Waals surface area contributed by atoms with Gasteiger partial charge in [-0.05, 0) is 69.0 Å². The summed E-state index contributed by atoms with van der Waals surface area (Å²) in [6.45, 7) is 7.25. The van der Waals surface area contributed by atoms with Crippen molar-refractivity contribution in [3.05, 3.63) is 53.7 Å². The molecule has 2 aliphatic heterocycles. The minimum absolute atomic E-state index is 0.219. The summed E-state index contributed by atoms with van der Waals surface area (Å²) in [6, 6.07) is 10.1. The molecule has 4 rings (SSSR count). The lowest BCUT2D eigenvalue weighted by atomic mass is 9.76. The largest absolute Gasteiger partial charge is 0.468 e. The zero-order valence-corrected chi connectivity index (χ0v) is 15.5. The van der Waals surface area contributed by atoms with Crippen LogP contribution in [0.25, 0.3) is 0 Å². The lowest BCUT2D eigenvalue weighted by molar-refractivity contribution is 0.00542. The number of hydrogen-bond donors (Lipinski definition) is 0. The van der Waals surface area contributed by atoms with E-state index in [1.807, 2.05) is 31.2 Å². The first kappa shape index (κ1) is 17.7. The monoisotopic (exact) mass is 356 g/mol. The van der Waals surface area contributed by atoms with E-state index in [4.69, 9.17) is 13.9 Å². The van der Waals surface area contributed by atoms with Gasteiger partial charge in [-0.2, -0.15) is 0 Å². The maximum absolute atomic E-state index is 6.07. The molecular formula is C21H28N2O3. The molecule has 5 heteroatoms. The zero-order valence-electron chi connectivity index (χ0n) is 15.5. The van der Waals surface area contributed by atoms with E-state index in [0.717, 1.165) is 49.8 Å². The summed E-state index contributed by atoms with van der Waals surface area (Å²) in [4.78, 5) is 6.96. The molecule has 26 heavy (non-hydrogen) atoms. The molecule has 0 aromatic carbocycles. The molecule has 0 unspecified atom stereocenters. The highest BCUT2D eigenvalue weighted by Gasteiger charge is 2.42. The number of pyridine rings is 1. The van der Waals surface area contributed by atoms with Crippen molar-refractivity contribution in [1.29, 1.82) is 0 Å². The van der Waals surface area contributed by atoms with Crippen LogP contribution in [0.15, 0.2) is 41.0 Å². The quantitative estimate of drug-likeness (QED) is 0.792. The van der Waals surface area contributed by atoms with E-state index in [1.54, 1.807) is 6.26 Å². The molecule has 0 radical (unpaired) electrons. The second kappa shape index (κ2) is 7.91. The van der Waals surface area contributed by atoms with E-state index >= 15 is 0 Å². The molecule has 1 spiro atoms. The van der Waals surface area contributed by atoms with Crippen molar-refractivity contribution in [2.24, 2.45) is 5.41 Å². The summed E-state index contributed by atoms with van der Waals surface area (Å²) in [7, 11) is 0. The van der Waals surface area contributed by atoms with Crippen LogP contribution in [0.1, 0.15) is 36.4 Å². The highest BCUT2D eigenvalue weighted by Crippen LogP contribution is 2.42. The lowest BCUT2D eigenvalue weighted by Gasteiger charge is -2.38. The Balaban J connectivity index is 1.20. The summed E-state index contributed by atoms with van der Waals surface area (Å²) >= 11 is 0. The number of piperidine rings is 1. The van der Waals surface area contributed by atoms with Crippen LogP contribution in [0.2, 0.25) is 0 Å². The predicted octanol–water partition coefficient (Wildman–Crippen LogP) is 3.57. The Labute approximate surface area is 155 Å². The van der Waals surface area contributed by atoms with Crippen molar-refractivity contribution in [1.82, 2.24) is 9.88 Å². The van der Waals surface area contributed by atoms with Crippen molar-refractivity contribution in [2.75, 3.05) is 26.3 Å². The Bertz CT molecular complexity index is 693. The van der Waals surface area contributed by atoms with Crippen LogP contribution in [-0.4, -0.2) is 42.3 Å². The minimum Gasteiger partial charge on any atom is -0.468 e. The first-order valence-corrected chi connectivity index (χ1v) is 9.57. The average Bonchev–Trinajstić information content (AvgIpc) is 3.28. The van der Waals surface area contributed by atoms with E-state index in [2.05, 4.69) is 16.0 Å². The molecule has 2 aromatic rings. The number of ether oxygens (including phenoxy) is 2. The third kappa shape index (κ3) is 4.34. The number of hydrogen-bond acceptors (Lipinski definition) is 5. The molecule has 1 atom stereocenters. The van der Waals surface area contributed by atoms with E-state index in [9.17, 15) is 0 Å². The van der Waals surface area contributed by atoms with Gasteiger partial charge in [-0.3, -0.25) is 9.88 Å². The number of aromatic nitrogens is 1. The molecule has 2 fully saturated rings. The van der Waals surface area contributed by atoms with Crippen LogP contribution in [0.3, 0.4) is 0 Å². The van der Waals surface area contributed by atoms with Crippen molar-refractivity contribution in [2.45, 2.75) is 45.4 Å². The third-order valence-electron chi connectivity index (χ3n) is 5.66. The third-order valence-corrected chi connectivity index (χ3v) is 5.66. The van der Waals surface area contributed by atoms with Crippen molar-refractivity contribution < 1.29 is 13.9 Å². The van der Waals surface area contributed by atoms with Crippen molar-refractivity contribution in [3.63, 3.8) is 0 Å². The van der Waals surface area contributed by atoms with Crippen molar-refractivity contribution in [3.8, 4) is 0 Å². The Morgan fingerprint density at radius 3 is 2.88 bits per heavy atom. The number of aryl methyl sites for hydroxylation is 1. The molecule has 0 bridgehead atoms. The van der Waals surface area contributed by atoms with Gasteiger partial charge in [-0.1, -0.05) is 6.07 Å². The average molecular weight is 356 g/mol. The fourth-order valence-electron chi connectivity index (χ4n) is 4.13. The fraction of sp³-hybridized carbons (Fsp3) is 0.571. The first-order valence-electron chi connectivity index (χ1n) is 9.57. The number of furan rings is 1. The molecule has 5 nitrogen and oxygen atoms in total. The van der Waals surface area contributed by atoms with Gasteiger partial charge in [0.25, 0.3) is 0 Å². The first-order chi connectivity index (χ1) is 12.7. The van der Waals surface area contributed by atoms with Gasteiger partial charge >= 0.3 is 0 Å². The maximum Gasteiger partial charge on any atom is 0.117 e. The van der Waals surface area contributed by atoms with Crippen LogP contribution in [0.5, 0.6) is 0 Å². The molecule has 0 amide bonds. The Morgan fingerprint density at radius 2 is 2.12 bits per heavy atom. The molecule has 0 N–H and O–H groups in total. The van der Waals surface area contributed by atoms with E-state index in [-0.39, 0.29) is 6.10 Å². The second-order valence-corrected chi connectivity index (χ2v) is 7.78. The van der Waals surface area contributed by atoms with E-state index < -0.39 is 0 Å². The Kier molecular flexibility index (Phi) is 5.38. The smallest absolute Gasteiger partial charge is 0.117 e. The van der Waals surface area contributed by atoms with Gasteiger partial charge in [-0.25, -0.2) is 0 Å². The lowest BCUT2D eigenvalue weighted by Crippen LogP contribution is -2.40. The van der Waals surface area contributed by atoms with Crippen LogP contribution in [0, 0.1) is 12.3 Å². The second-order valence-electron chi connectivity index (χ2n) is 7.78. The molecule has 0 saturated carbocycles. The molecule has 2 aliphatic rings.